The van der Waals surface area contributed by atoms with Crippen LogP contribution in [0.1, 0.15) is 13.3 Å². The van der Waals surface area contributed by atoms with Gasteiger partial charge in [0.05, 0.1) is 6.33 Å². The number of fused-ring (bicyclic) bond motifs is 1. The molecule has 144 valence electrons. The fraction of sp³-hybridized carbons (Fsp3) is 0.115. The predicted octanol–water partition coefficient (Wildman–Crippen LogP) is 6.36. The van der Waals surface area contributed by atoms with E-state index in [1.165, 1.54) is 32.3 Å². The molecule has 0 spiro atoms. The molecule has 0 unspecified atom stereocenters. The zero-order valence-corrected chi connectivity index (χ0v) is 16.8. The number of hydrogen-bond acceptors (Lipinski definition) is 3. The first-order valence-electron chi connectivity index (χ1n) is 10.2. The minimum Gasteiger partial charge on any atom is -0.315 e. The molecular weight excluding hydrogens is 368 g/mol. The van der Waals surface area contributed by atoms with Crippen LogP contribution in [0.15, 0.2) is 79.4 Å². The molecule has 0 atom stereocenters. The summed E-state index contributed by atoms with van der Waals surface area (Å²) in [5.74, 6) is 0. The van der Waals surface area contributed by atoms with Gasteiger partial charge in [-0.2, -0.15) is 0 Å². The summed E-state index contributed by atoms with van der Waals surface area (Å²) < 4.78 is 2.09. The first kappa shape index (κ1) is 17.1. The Morgan fingerprint density at radius 1 is 0.867 bits per heavy atom. The van der Waals surface area contributed by atoms with E-state index in [1.807, 2.05) is 13.3 Å². The highest BCUT2D eigenvalue weighted by Gasteiger charge is 2.16. The maximum Gasteiger partial charge on any atom is 0.163 e. The van der Waals surface area contributed by atoms with Crippen molar-refractivity contribution in [1.29, 1.82) is 0 Å². The van der Waals surface area contributed by atoms with Gasteiger partial charge >= 0.3 is 0 Å². The quantitative estimate of drug-likeness (QED) is 0.261. The van der Waals surface area contributed by atoms with Crippen LogP contribution < -0.4 is 0 Å². The van der Waals surface area contributed by atoms with Gasteiger partial charge in [-0.25, -0.2) is 15.0 Å². The van der Waals surface area contributed by atoms with E-state index in [1.54, 1.807) is 6.33 Å². The van der Waals surface area contributed by atoms with Gasteiger partial charge < -0.3 is 4.57 Å². The van der Waals surface area contributed by atoms with E-state index in [4.69, 9.17) is 4.98 Å². The number of aromatic nitrogens is 4. The molecular formula is C26H20N4. The number of imidazole rings is 1. The lowest BCUT2D eigenvalue weighted by atomic mass is 9.91. The summed E-state index contributed by atoms with van der Waals surface area (Å²) in [5, 5.41) is 7.58. The summed E-state index contributed by atoms with van der Waals surface area (Å²) in [4.78, 5) is 13.9. The molecule has 0 aliphatic carbocycles. The van der Waals surface area contributed by atoms with Gasteiger partial charge in [0.25, 0.3) is 0 Å². The van der Waals surface area contributed by atoms with Crippen LogP contribution in [0.2, 0.25) is 0 Å². The molecule has 0 bridgehead atoms. The average Bonchev–Trinajstić information content (AvgIpc) is 3.19. The van der Waals surface area contributed by atoms with Crippen LogP contribution in [0.3, 0.4) is 0 Å². The molecule has 0 fully saturated rings. The number of aryl methyl sites for hydroxylation is 1. The molecule has 4 aromatic carbocycles. The minimum absolute atomic E-state index is 0.820. The number of benzene rings is 4. The second kappa shape index (κ2) is 6.36. The summed E-state index contributed by atoms with van der Waals surface area (Å²) >= 11 is 0. The van der Waals surface area contributed by atoms with Gasteiger partial charge in [-0.15, -0.1) is 6.58 Å². The number of hydrogen-bond donors (Lipinski definition) is 0. The number of nitrogens with zero attached hydrogens (tertiary/aromatic N) is 4. The van der Waals surface area contributed by atoms with Crippen molar-refractivity contribution in [2.24, 2.45) is 0 Å². The topological polar surface area (TPSA) is 43.6 Å². The molecule has 0 aliphatic rings. The van der Waals surface area contributed by atoms with Crippen LogP contribution in [-0.4, -0.2) is 19.5 Å². The van der Waals surface area contributed by atoms with Crippen molar-refractivity contribution in [3.05, 3.63) is 79.4 Å². The molecule has 2 aromatic heterocycles. The Kier molecular flexibility index (Phi) is 3.62. The van der Waals surface area contributed by atoms with E-state index < -0.39 is 0 Å². The molecule has 0 N–H and O–H groups in total. The van der Waals surface area contributed by atoms with E-state index >= 15 is 0 Å². The largest absolute Gasteiger partial charge is 0.315 e. The first-order valence-corrected chi connectivity index (χ1v) is 10.2. The highest BCUT2D eigenvalue weighted by molar-refractivity contribution is 6.25. The Balaban J connectivity index is 1.63. The van der Waals surface area contributed by atoms with E-state index in [-0.39, 0.29) is 0 Å². The Labute approximate surface area is 173 Å². The first-order chi connectivity index (χ1) is 14.7. The van der Waals surface area contributed by atoms with Crippen LogP contribution in [0.5, 0.6) is 0 Å². The molecule has 0 saturated heterocycles. The molecule has 4 nitrogen and oxygen atoms in total. The van der Waals surface area contributed by atoms with Crippen molar-refractivity contribution in [1.82, 2.24) is 19.5 Å². The normalized spacial score (nSPS) is 11.9. The lowest BCUT2D eigenvalue weighted by Crippen LogP contribution is -1.99. The molecule has 30 heavy (non-hydrogen) atoms. The molecule has 6 rings (SSSR count). The molecule has 0 saturated carbocycles. The highest BCUT2D eigenvalue weighted by Crippen LogP contribution is 2.39. The average molecular weight is 388 g/mol. The number of rotatable bonds is 4. The van der Waals surface area contributed by atoms with E-state index in [0.717, 1.165) is 41.0 Å². The summed E-state index contributed by atoms with van der Waals surface area (Å²) in [5.41, 5.74) is 4.84. The van der Waals surface area contributed by atoms with Gasteiger partial charge in [0.1, 0.15) is 17.5 Å². The van der Waals surface area contributed by atoms with Crippen molar-refractivity contribution in [2.75, 3.05) is 0 Å². The Morgan fingerprint density at radius 2 is 1.60 bits per heavy atom. The maximum absolute atomic E-state index is 4.69. The summed E-state index contributed by atoms with van der Waals surface area (Å²) in [6, 6.07) is 19.7. The maximum atomic E-state index is 4.69. The highest BCUT2D eigenvalue weighted by atomic mass is 15.1. The molecule has 4 heteroatoms. The van der Waals surface area contributed by atoms with Crippen molar-refractivity contribution >= 4 is 43.5 Å². The van der Waals surface area contributed by atoms with Gasteiger partial charge in [0, 0.05) is 12.1 Å². The van der Waals surface area contributed by atoms with E-state index in [0.29, 0.717) is 0 Å². The van der Waals surface area contributed by atoms with E-state index in [2.05, 4.69) is 75.7 Å². The summed E-state index contributed by atoms with van der Waals surface area (Å²) in [6.07, 6.45) is 4.42. The van der Waals surface area contributed by atoms with Crippen LogP contribution in [0.25, 0.3) is 54.7 Å². The molecule has 0 amide bonds. The van der Waals surface area contributed by atoms with Crippen molar-refractivity contribution in [3.8, 4) is 11.3 Å². The van der Waals surface area contributed by atoms with Crippen LogP contribution in [-0.2, 0) is 6.54 Å². The Bertz CT molecular complexity index is 1560. The fourth-order valence-corrected chi connectivity index (χ4v) is 4.49. The molecule has 0 aliphatic heterocycles. The lowest BCUT2D eigenvalue weighted by Gasteiger charge is -2.13. The SMILES string of the molecule is C=C(C)CCn1cnc2c(-c3ccc4ccc5cccc6ccc3c4c56)ncnc21. The fourth-order valence-electron chi connectivity index (χ4n) is 4.49. The van der Waals surface area contributed by atoms with Gasteiger partial charge in [-0.3, -0.25) is 0 Å². The second-order valence-electron chi connectivity index (χ2n) is 8.01. The second-order valence-corrected chi connectivity index (χ2v) is 8.01. The molecule has 0 radical (unpaired) electrons. The molecule has 2 heterocycles. The van der Waals surface area contributed by atoms with Gasteiger partial charge in [0.15, 0.2) is 5.65 Å². The summed E-state index contributed by atoms with van der Waals surface area (Å²) in [6.45, 7) is 6.87. The zero-order valence-electron chi connectivity index (χ0n) is 16.8. The predicted molar refractivity (Wildman–Crippen MR) is 124 cm³/mol. The van der Waals surface area contributed by atoms with E-state index in [9.17, 15) is 0 Å². The van der Waals surface area contributed by atoms with Crippen molar-refractivity contribution in [2.45, 2.75) is 19.9 Å². The third-order valence-electron chi connectivity index (χ3n) is 5.96. The van der Waals surface area contributed by atoms with Crippen LogP contribution in [0, 0.1) is 0 Å². The third kappa shape index (κ3) is 2.43. The zero-order chi connectivity index (χ0) is 20.2. The smallest absolute Gasteiger partial charge is 0.163 e. The lowest BCUT2D eigenvalue weighted by molar-refractivity contribution is 0.705. The Hall–Kier alpha value is -3.79. The summed E-state index contributed by atoms with van der Waals surface area (Å²) in [7, 11) is 0. The van der Waals surface area contributed by atoms with Crippen LogP contribution in [0.4, 0.5) is 0 Å². The Morgan fingerprint density at radius 3 is 2.40 bits per heavy atom. The monoisotopic (exact) mass is 388 g/mol. The van der Waals surface area contributed by atoms with Crippen molar-refractivity contribution < 1.29 is 0 Å². The van der Waals surface area contributed by atoms with Crippen molar-refractivity contribution in [3.63, 3.8) is 0 Å². The minimum atomic E-state index is 0.820. The van der Waals surface area contributed by atoms with Gasteiger partial charge in [0.2, 0.25) is 0 Å². The van der Waals surface area contributed by atoms with Crippen LogP contribution >= 0.6 is 0 Å². The number of allylic oxidation sites excluding steroid dienone is 1. The standard InChI is InChI=1S/C26H20N4/c1-16(2)12-13-30-15-29-25-24(27-14-28-26(25)30)21-11-9-19-7-6-17-4-3-5-18-8-10-20(21)23(19)22(17)18/h3-11,14-15H,1,12-13H2,2H3. The van der Waals surface area contributed by atoms with Gasteiger partial charge in [-0.05, 0) is 45.7 Å². The third-order valence-corrected chi connectivity index (χ3v) is 5.96. The molecule has 6 aromatic rings. The van der Waals surface area contributed by atoms with Gasteiger partial charge in [-0.1, -0.05) is 60.2 Å².